The van der Waals surface area contributed by atoms with Crippen molar-refractivity contribution in [3.63, 3.8) is 0 Å². The molecule has 0 aliphatic rings. The van der Waals surface area contributed by atoms with Crippen LogP contribution in [0.15, 0.2) is 36.5 Å². The van der Waals surface area contributed by atoms with Crippen LogP contribution in [-0.2, 0) is 0 Å². The zero-order valence-corrected chi connectivity index (χ0v) is 9.05. The third kappa shape index (κ3) is 2.12. The van der Waals surface area contributed by atoms with Gasteiger partial charge in [0.05, 0.1) is 11.7 Å². The minimum atomic E-state index is -0.400. The molecule has 1 unspecified atom stereocenters. The summed E-state index contributed by atoms with van der Waals surface area (Å²) in [4.78, 5) is 4.27. The molecule has 80 valence electrons. The predicted molar refractivity (Wildman–Crippen MR) is 62.1 cm³/mol. The van der Waals surface area contributed by atoms with E-state index in [1.807, 2.05) is 37.3 Å². The molecule has 0 aliphatic carbocycles. The van der Waals surface area contributed by atoms with Crippen molar-refractivity contribution in [2.75, 3.05) is 0 Å². The van der Waals surface area contributed by atoms with Crippen LogP contribution in [0.2, 0.25) is 0 Å². The number of benzene rings is 1. The molecule has 1 aromatic heterocycles. The molecule has 0 N–H and O–H groups in total. The number of nitrogens with zero attached hydrogens (tertiary/aromatic N) is 2. The second kappa shape index (κ2) is 4.63. The first kappa shape index (κ1) is 10.4. The van der Waals surface area contributed by atoms with Crippen LogP contribution in [0.1, 0.15) is 13.3 Å². The molecular formula is C13H12N2O. The average Bonchev–Trinajstić information content (AvgIpc) is 2.35. The molecule has 3 heteroatoms. The number of nitriles is 1. The topological polar surface area (TPSA) is 45.9 Å². The normalized spacial score (nSPS) is 12.0. The van der Waals surface area contributed by atoms with Crippen LogP contribution < -0.4 is 4.74 Å². The van der Waals surface area contributed by atoms with Gasteiger partial charge in [0.15, 0.2) is 6.10 Å². The van der Waals surface area contributed by atoms with Crippen molar-refractivity contribution >= 4 is 10.9 Å². The fraction of sp³-hybridized carbons (Fsp3) is 0.231. The molecule has 0 bridgehead atoms. The van der Waals surface area contributed by atoms with Gasteiger partial charge >= 0.3 is 0 Å². The average molecular weight is 212 g/mol. The van der Waals surface area contributed by atoms with E-state index in [9.17, 15) is 0 Å². The number of ether oxygens (including phenoxy) is 1. The van der Waals surface area contributed by atoms with Gasteiger partial charge in [-0.25, -0.2) is 0 Å². The lowest BCUT2D eigenvalue weighted by Gasteiger charge is -2.10. The Morgan fingerprint density at radius 1 is 1.44 bits per heavy atom. The number of fused-ring (bicyclic) bond motifs is 1. The van der Waals surface area contributed by atoms with Crippen LogP contribution in [0.3, 0.4) is 0 Å². The minimum absolute atomic E-state index is 0.400. The van der Waals surface area contributed by atoms with E-state index in [1.165, 1.54) is 0 Å². The van der Waals surface area contributed by atoms with Crippen molar-refractivity contribution in [3.05, 3.63) is 36.5 Å². The van der Waals surface area contributed by atoms with Gasteiger partial charge in [0.1, 0.15) is 11.8 Å². The molecule has 1 aromatic carbocycles. The molecule has 1 heterocycles. The lowest BCUT2D eigenvalue weighted by Crippen LogP contribution is -2.12. The fourth-order valence-electron chi connectivity index (χ4n) is 1.48. The highest BCUT2D eigenvalue weighted by Crippen LogP contribution is 2.19. The van der Waals surface area contributed by atoms with Gasteiger partial charge in [0.2, 0.25) is 0 Å². The molecular weight excluding hydrogens is 200 g/mol. The van der Waals surface area contributed by atoms with Crippen molar-refractivity contribution in [1.29, 1.82) is 5.26 Å². The van der Waals surface area contributed by atoms with Crippen LogP contribution in [0.25, 0.3) is 10.9 Å². The van der Waals surface area contributed by atoms with Crippen LogP contribution in [0.4, 0.5) is 0 Å². The van der Waals surface area contributed by atoms with Crippen molar-refractivity contribution in [3.8, 4) is 11.8 Å². The predicted octanol–water partition coefficient (Wildman–Crippen LogP) is 2.92. The van der Waals surface area contributed by atoms with Gasteiger partial charge in [0.25, 0.3) is 0 Å². The lowest BCUT2D eigenvalue weighted by atomic mass is 10.2. The minimum Gasteiger partial charge on any atom is -0.474 e. The summed E-state index contributed by atoms with van der Waals surface area (Å²) >= 11 is 0. The number of hydrogen-bond acceptors (Lipinski definition) is 3. The Morgan fingerprint density at radius 3 is 3.00 bits per heavy atom. The number of pyridine rings is 1. The number of hydrogen-bond donors (Lipinski definition) is 0. The largest absolute Gasteiger partial charge is 0.474 e. The summed E-state index contributed by atoms with van der Waals surface area (Å²) in [6.07, 6.45) is 1.93. The fourth-order valence-corrected chi connectivity index (χ4v) is 1.48. The van der Waals surface area contributed by atoms with Gasteiger partial charge in [-0.1, -0.05) is 25.1 Å². The Bertz CT molecular complexity index is 531. The molecule has 1 atom stereocenters. The summed E-state index contributed by atoms with van der Waals surface area (Å²) in [5.74, 6) is 0.645. The number of rotatable bonds is 3. The Balaban J connectivity index is 2.30. The van der Waals surface area contributed by atoms with E-state index in [-0.39, 0.29) is 0 Å². The van der Waals surface area contributed by atoms with Crippen molar-refractivity contribution in [2.45, 2.75) is 19.4 Å². The SMILES string of the molecule is CCC(C#N)Oc1cnc2ccccc2c1. The Morgan fingerprint density at radius 2 is 2.25 bits per heavy atom. The Kier molecular flexibility index (Phi) is 3.02. The second-order valence-electron chi connectivity index (χ2n) is 3.51. The van der Waals surface area contributed by atoms with E-state index in [0.717, 1.165) is 10.9 Å². The quantitative estimate of drug-likeness (QED) is 0.785. The first-order chi connectivity index (χ1) is 7.83. The van der Waals surface area contributed by atoms with Crippen LogP contribution in [0, 0.1) is 11.3 Å². The summed E-state index contributed by atoms with van der Waals surface area (Å²) in [7, 11) is 0. The monoisotopic (exact) mass is 212 g/mol. The van der Waals surface area contributed by atoms with E-state index in [4.69, 9.17) is 10.00 Å². The summed E-state index contributed by atoms with van der Waals surface area (Å²) in [5, 5.41) is 9.83. The number of aromatic nitrogens is 1. The first-order valence-corrected chi connectivity index (χ1v) is 5.24. The maximum Gasteiger partial charge on any atom is 0.184 e. The maximum atomic E-state index is 8.81. The second-order valence-corrected chi connectivity index (χ2v) is 3.51. The lowest BCUT2D eigenvalue weighted by molar-refractivity contribution is 0.251. The molecule has 0 saturated heterocycles. The Hall–Kier alpha value is -2.08. The van der Waals surface area contributed by atoms with Crippen molar-refractivity contribution in [2.24, 2.45) is 0 Å². The maximum absolute atomic E-state index is 8.81. The van der Waals surface area contributed by atoms with Gasteiger partial charge in [0, 0.05) is 5.39 Å². The van der Waals surface area contributed by atoms with Gasteiger partial charge in [-0.15, -0.1) is 0 Å². The van der Waals surface area contributed by atoms with Gasteiger partial charge in [-0.3, -0.25) is 4.98 Å². The standard InChI is InChI=1S/C13H12N2O/c1-2-11(8-14)16-12-7-10-5-3-4-6-13(10)15-9-12/h3-7,9,11H,2H2,1H3. The molecule has 3 nitrogen and oxygen atoms in total. The molecule has 0 aliphatic heterocycles. The third-order valence-electron chi connectivity index (χ3n) is 2.36. The van der Waals surface area contributed by atoms with E-state index in [2.05, 4.69) is 11.1 Å². The summed E-state index contributed by atoms with van der Waals surface area (Å²) in [6, 6.07) is 11.8. The highest BCUT2D eigenvalue weighted by atomic mass is 16.5. The van der Waals surface area contributed by atoms with E-state index < -0.39 is 6.10 Å². The van der Waals surface area contributed by atoms with Crippen LogP contribution >= 0.6 is 0 Å². The van der Waals surface area contributed by atoms with Crippen LogP contribution in [-0.4, -0.2) is 11.1 Å². The van der Waals surface area contributed by atoms with Crippen LogP contribution in [0.5, 0.6) is 5.75 Å². The molecule has 0 radical (unpaired) electrons. The van der Waals surface area contributed by atoms with Gasteiger partial charge in [-0.2, -0.15) is 5.26 Å². The Labute approximate surface area is 94.3 Å². The van der Waals surface area contributed by atoms with Crippen molar-refractivity contribution < 1.29 is 4.74 Å². The summed E-state index contributed by atoms with van der Waals surface area (Å²) in [5.41, 5.74) is 0.930. The molecule has 0 spiro atoms. The first-order valence-electron chi connectivity index (χ1n) is 5.24. The molecule has 0 saturated carbocycles. The molecule has 0 fully saturated rings. The van der Waals surface area contributed by atoms with E-state index >= 15 is 0 Å². The zero-order chi connectivity index (χ0) is 11.4. The molecule has 16 heavy (non-hydrogen) atoms. The highest BCUT2D eigenvalue weighted by molar-refractivity contribution is 5.79. The summed E-state index contributed by atoms with van der Waals surface area (Å²) in [6.45, 7) is 1.92. The van der Waals surface area contributed by atoms with Crippen molar-refractivity contribution in [1.82, 2.24) is 4.98 Å². The molecule has 2 rings (SSSR count). The van der Waals surface area contributed by atoms with Gasteiger partial charge in [-0.05, 0) is 18.6 Å². The molecule has 2 aromatic rings. The zero-order valence-electron chi connectivity index (χ0n) is 9.05. The summed E-state index contributed by atoms with van der Waals surface area (Å²) < 4.78 is 5.50. The molecule has 0 amide bonds. The highest BCUT2D eigenvalue weighted by Gasteiger charge is 2.06. The third-order valence-corrected chi connectivity index (χ3v) is 2.36. The smallest absolute Gasteiger partial charge is 0.184 e. The van der Waals surface area contributed by atoms with E-state index in [0.29, 0.717) is 12.2 Å². The van der Waals surface area contributed by atoms with Gasteiger partial charge < -0.3 is 4.74 Å². The van der Waals surface area contributed by atoms with E-state index in [1.54, 1.807) is 6.20 Å². The number of para-hydroxylation sites is 1.